The van der Waals surface area contributed by atoms with E-state index in [0.29, 0.717) is 0 Å². The van der Waals surface area contributed by atoms with E-state index in [2.05, 4.69) is 216 Å². The van der Waals surface area contributed by atoms with Gasteiger partial charge in [0.1, 0.15) is 0 Å². The first kappa shape index (κ1) is 30.0. The van der Waals surface area contributed by atoms with Crippen molar-refractivity contribution in [2.24, 2.45) is 0 Å². The molecule has 0 aliphatic rings. The molecule has 10 rings (SSSR count). The van der Waals surface area contributed by atoms with Crippen LogP contribution in [-0.2, 0) is 0 Å². The van der Waals surface area contributed by atoms with Crippen molar-refractivity contribution in [3.8, 4) is 27.9 Å². The second-order valence-corrected chi connectivity index (χ2v) is 13.4. The van der Waals surface area contributed by atoms with Gasteiger partial charge in [-0.25, -0.2) is 0 Å². The first-order valence-electron chi connectivity index (χ1n) is 17.8. The summed E-state index contributed by atoms with van der Waals surface area (Å²) in [6.07, 6.45) is 0. The first-order chi connectivity index (χ1) is 25.8. The molecule has 0 N–H and O–H groups in total. The highest BCUT2D eigenvalue weighted by Gasteiger charge is 2.18. The summed E-state index contributed by atoms with van der Waals surface area (Å²) in [5, 5.41) is 7.48. The molecule has 0 aliphatic heterocycles. The number of rotatable bonds is 6. The summed E-state index contributed by atoms with van der Waals surface area (Å²) >= 11 is 0. The lowest BCUT2D eigenvalue weighted by Gasteiger charge is -2.26. The van der Waals surface area contributed by atoms with Crippen molar-refractivity contribution in [3.63, 3.8) is 0 Å². The third-order valence-corrected chi connectivity index (χ3v) is 10.3. The van der Waals surface area contributed by atoms with Crippen LogP contribution < -0.4 is 4.90 Å². The number of hydrogen-bond acceptors (Lipinski definition) is 1. The van der Waals surface area contributed by atoms with Gasteiger partial charge in [0.15, 0.2) is 0 Å². The summed E-state index contributed by atoms with van der Waals surface area (Å²) in [5.74, 6) is 0. The Morgan fingerprint density at radius 3 is 1.60 bits per heavy atom. The van der Waals surface area contributed by atoms with Gasteiger partial charge in [0.05, 0.1) is 16.7 Å². The van der Waals surface area contributed by atoms with Crippen LogP contribution in [0, 0.1) is 0 Å². The third-order valence-electron chi connectivity index (χ3n) is 10.3. The topological polar surface area (TPSA) is 8.17 Å². The van der Waals surface area contributed by atoms with Crippen LogP contribution in [0.15, 0.2) is 206 Å². The standard InChI is InChI=1S/C50H34N2/c1-2-12-35(13-3-1)37-22-27-42(28-23-37)51(44-31-24-36-14-4-5-15-39(36)32-44)43-29-25-38(26-30-43)45-18-8-10-20-48(45)52-49-21-11-9-19-46(49)47-33-40-16-6-7-17-41(40)34-50(47)52/h1-34H. The summed E-state index contributed by atoms with van der Waals surface area (Å²) in [5.41, 5.74) is 11.7. The zero-order valence-corrected chi connectivity index (χ0v) is 28.5. The molecule has 1 heterocycles. The highest BCUT2D eigenvalue weighted by molar-refractivity contribution is 6.14. The van der Waals surface area contributed by atoms with E-state index in [1.165, 1.54) is 71.3 Å². The minimum Gasteiger partial charge on any atom is -0.310 e. The largest absolute Gasteiger partial charge is 0.310 e. The number of aromatic nitrogens is 1. The molecule has 0 atom stereocenters. The number of anilines is 3. The smallest absolute Gasteiger partial charge is 0.0547 e. The van der Waals surface area contributed by atoms with Crippen LogP contribution in [0.25, 0.3) is 71.3 Å². The number of fused-ring (bicyclic) bond motifs is 5. The normalized spacial score (nSPS) is 11.5. The summed E-state index contributed by atoms with van der Waals surface area (Å²) in [4.78, 5) is 2.36. The Morgan fingerprint density at radius 2 is 0.846 bits per heavy atom. The molecule has 0 saturated carbocycles. The Hall–Kier alpha value is -6.90. The second kappa shape index (κ2) is 12.5. The molecule has 2 nitrogen and oxygen atoms in total. The van der Waals surface area contributed by atoms with Gasteiger partial charge >= 0.3 is 0 Å². The Balaban J connectivity index is 1.10. The Labute approximate surface area is 303 Å². The SMILES string of the molecule is c1ccc(-c2ccc(N(c3ccc(-c4ccccc4-n4c5ccccc5c5cc6ccccc6cc54)cc3)c3ccc4ccccc4c3)cc2)cc1. The summed E-state index contributed by atoms with van der Waals surface area (Å²) < 4.78 is 2.44. The van der Waals surface area contributed by atoms with Gasteiger partial charge < -0.3 is 9.47 Å². The number of nitrogens with zero attached hydrogens (tertiary/aromatic N) is 2. The van der Waals surface area contributed by atoms with Gasteiger partial charge in [-0.3, -0.25) is 0 Å². The van der Waals surface area contributed by atoms with Gasteiger partial charge in [0, 0.05) is 33.4 Å². The quantitative estimate of drug-likeness (QED) is 0.172. The van der Waals surface area contributed by atoms with E-state index >= 15 is 0 Å². The molecular formula is C50H34N2. The predicted molar refractivity (Wildman–Crippen MR) is 221 cm³/mol. The van der Waals surface area contributed by atoms with Gasteiger partial charge in [-0.1, -0.05) is 146 Å². The molecule has 0 fully saturated rings. The molecule has 1 aromatic heterocycles. The molecule has 0 aliphatic carbocycles. The van der Waals surface area contributed by atoms with Crippen molar-refractivity contribution in [1.29, 1.82) is 0 Å². The van der Waals surface area contributed by atoms with Crippen molar-refractivity contribution in [2.45, 2.75) is 0 Å². The third kappa shape index (κ3) is 5.12. The molecule has 244 valence electrons. The van der Waals surface area contributed by atoms with Crippen LogP contribution in [0.2, 0.25) is 0 Å². The minimum absolute atomic E-state index is 1.10. The average Bonchev–Trinajstić information content (AvgIpc) is 3.54. The highest BCUT2D eigenvalue weighted by atomic mass is 15.1. The molecule has 0 radical (unpaired) electrons. The van der Waals surface area contributed by atoms with E-state index in [0.717, 1.165) is 17.1 Å². The summed E-state index contributed by atoms with van der Waals surface area (Å²) in [6, 6.07) is 74.7. The Morgan fingerprint density at radius 1 is 0.308 bits per heavy atom. The van der Waals surface area contributed by atoms with Crippen molar-refractivity contribution in [3.05, 3.63) is 206 Å². The number of benzene rings is 9. The molecule has 2 heteroatoms. The lowest BCUT2D eigenvalue weighted by molar-refractivity contribution is 1.18. The van der Waals surface area contributed by atoms with E-state index in [9.17, 15) is 0 Å². The van der Waals surface area contributed by atoms with E-state index in [1.807, 2.05) is 0 Å². The fourth-order valence-electron chi connectivity index (χ4n) is 7.81. The van der Waals surface area contributed by atoms with E-state index in [4.69, 9.17) is 0 Å². The maximum absolute atomic E-state index is 2.44. The maximum atomic E-state index is 2.44. The minimum atomic E-state index is 1.10. The zero-order chi connectivity index (χ0) is 34.4. The van der Waals surface area contributed by atoms with Crippen LogP contribution >= 0.6 is 0 Å². The van der Waals surface area contributed by atoms with Crippen LogP contribution in [0.5, 0.6) is 0 Å². The molecule has 52 heavy (non-hydrogen) atoms. The van der Waals surface area contributed by atoms with Crippen molar-refractivity contribution >= 4 is 60.4 Å². The van der Waals surface area contributed by atoms with Crippen molar-refractivity contribution in [1.82, 2.24) is 4.57 Å². The molecule has 9 aromatic carbocycles. The average molecular weight is 663 g/mol. The molecule has 0 amide bonds. The van der Waals surface area contributed by atoms with Crippen LogP contribution in [-0.4, -0.2) is 4.57 Å². The molecule has 0 bridgehead atoms. The summed E-state index contributed by atoms with van der Waals surface area (Å²) in [7, 11) is 0. The molecule has 0 unspecified atom stereocenters. The maximum Gasteiger partial charge on any atom is 0.0547 e. The molecule has 10 aromatic rings. The lowest BCUT2D eigenvalue weighted by atomic mass is 10.0. The van der Waals surface area contributed by atoms with Crippen LogP contribution in [0.1, 0.15) is 0 Å². The van der Waals surface area contributed by atoms with Gasteiger partial charge in [-0.2, -0.15) is 0 Å². The van der Waals surface area contributed by atoms with Crippen molar-refractivity contribution in [2.75, 3.05) is 4.90 Å². The monoisotopic (exact) mass is 662 g/mol. The van der Waals surface area contributed by atoms with Gasteiger partial charge in [-0.05, 0) is 98.9 Å². The second-order valence-electron chi connectivity index (χ2n) is 13.4. The Kier molecular flexibility index (Phi) is 7.18. The molecular weight excluding hydrogens is 629 g/mol. The van der Waals surface area contributed by atoms with Crippen molar-refractivity contribution < 1.29 is 0 Å². The predicted octanol–water partition coefficient (Wildman–Crippen LogP) is 13.9. The molecule has 0 saturated heterocycles. The number of para-hydroxylation sites is 2. The van der Waals surface area contributed by atoms with E-state index in [1.54, 1.807) is 0 Å². The van der Waals surface area contributed by atoms with E-state index in [-0.39, 0.29) is 0 Å². The van der Waals surface area contributed by atoms with Gasteiger partial charge in [-0.15, -0.1) is 0 Å². The number of hydrogen-bond donors (Lipinski definition) is 0. The summed E-state index contributed by atoms with van der Waals surface area (Å²) in [6.45, 7) is 0. The fraction of sp³-hybridized carbons (Fsp3) is 0. The van der Waals surface area contributed by atoms with Gasteiger partial charge in [0.25, 0.3) is 0 Å². The Bertz CT molecular complexity index is 2880. The highest BCUT2D eigenvalue weighted by Crippen LogP contribution is 2.41. The molecule has 0 spiro atoms. The zero-order valence-electron chi connectivity index (χ0n) is 28.5. The van der Waals surface area contributed by atoms with Crippen LogP contribution in [0.3, 0.4) is 0 Å². The lowest BCUT2D eigenvalue weighted by Crippen LogP contribution is -2.10. The van der Waals surface area contributed by atoms with Gasteiger partial charge in [0.2, 0.25) is 0 Å². The first-order valence-corrected chi connectivity index (χ1v) is 17.8. The van der Waals surface area contributed by atoms with E-state index < -0.39 is 0 Å². The fourth-order valence-corrected chi connectivity index (χ4v) is 7.81. The van der Waals surface area contributed by atoms with Crippen LogP contribution in [0.4, 0.5) is 17.1 Å².